The Morgan fingerprint density at radius 2 is 2.21 bits per heavy atom. The van der Waals surface area contributed by atoms with Gasteiger partial charge in [0.25, 0.3) is 5.91 Å². The molecule has 0 aliphatic rings. The summed E-state index contributed by atoms with van der Waals surface area (Å²) in [6, 6.07) is 0. The lowest BCUT2D eigenvalue weighted by Crippen LogP contribution is -2.19. The van der Waals surface area contributed by atoms with E-state index in [4.69, 9.17) is 0 Å². The van der Waals surface area contributed by atoms with Crippen LogP contribution < -0.4 is 5.32 Å². The van der Waals surface area contributed by atoms with Crippen LogP contribution in [0.25, 0.3) is 0 Å². The Hall–Kier alpha value is -1.04. The van der Waals surface area contributed by atoms with Crippen LogP contribution in [0.15, 0.2) is 5.38 Å². The Morgan fingerprint density at radius 3 is 2.64 bits per heavy atom. The van der Waals surface area contributed by atoms with E-state index >= 15 is 0 Å². The van der Waals surface area contributed by atoms with Crippen LogP contribution in [0.5, 0.6) is 0 Å². The largest absolute Gasteiger partial charge is 0.315 e. The lowest BCUT2D eigenvalue weighted by atomic mass is 10.2. The van der Waals surface area contributed by atoms with Crippen LogP contribution in [0, 0.1) is 0 Å². The molecule has 1 aromatic rings. The first kappa shape index (κ1) is 11.0. The highest BCUT2D eigenvalue weighted by Crippen LogP contribution is 2.21. The SMILES string of the molecule is CC(C)c1csc(NC(=O)C(F)F)n1. The number of thiazole rings is 1. The second-order valence-corrected chi connectivity index (χ2v) is 3.88. The zero-order valence-electron chi connectivity index (χ0n) is 7.75. The zero-order chi connectivity index (χ0) is 10.7. The fourth-order valence-corrected chi connectivity index (χ4v) is 1.64. The predicted octanol–water partition coefficient (Wildman–Crippen LogP) is 2.47. The van der Waals surface area contributed by atoms with Crippen molar-refractivity contribution in [3.05, 3.63) is 11.1 Å². The minimum absolute atomic E-state index is 0.221. The number of rotatable bonds is 3. The molecule has 0 bridgehead atoms. The molecule has 0 spiro atoms. The molecule has 14 heavy (non-hydrogen) atoms. The molecule has 1 amide bonds. The first-order valence-electron chi connectivity index (χ1n) is 4.05. The monoisotopic (exact) mass is 220 g/mol. The molecule has 0 fully saturated rings. The first-order valence-corrected chi connectivity index (χ1v) is 4.93. The summed E-state index contributed by atoms with van der Waals surface area (Å²) in [6.45, 7) is 3.88. The number of halogens is 2. The Bertz CT molecular complexity index is 325. The third-order valence-electron chi connectivity index (χ3n) is 1.54. The van der Waals surface area contributed by atoms with E-state index in [0.29, 0.717) is 0 Å². The quantitative estimate of drug-likeness (QED) is 0.850. The number of nitrogens with zero attached hydrogens (tertiary/aromatic N) is 1. The van der Waals surface area contributed by atoms with Gasteiger partial charge in [0.05, 0.1) is 5.69 Å². The van der Waals surface area contributed by atoms with Gasteiger partial charge < -0.3 is 0 Å². The summed E-state index contributed by atoms with van der Waals surface area (Å²) in [5.74, 6) is -1.09. The van der Waals surface area contributed by atoms with Crippen molar-refractivity contribution in [2.24, 2.45) is 0 Å². The molecule has 1 N–H and O–H groups in total. The summed E-state index contributed by atoms with van der Waals surface area (Å²) < 4.78 is 23.7. The van der Waals surface area contributed by atoms with Crippen LogP contribution in [-0.2, 0) is 4.79 Å². The van der Waals surface area contributed by atoms with Gasteiger partial charge in [0, 0.05) is 5.38 Å². The minimum atomic E-state index is -3.00. The van der Waals surface area contributed by atoms with E-state index in [2.05, 4.69) is 4.98 Å². The number of aromatic nitrogens is 1. The van der Waals surface area contributed by atoms with Crippen LogP contribution in [0.4, 0.5) is 13.9 Å². The second kappa shape index (κ2) is 4.45. The lowest BCUT2D eigenvalue weighted by molar-refractivity contribution is -0.126. The number of alkyl halides is 2. The Balaban J connectivity index is 2.64. The highest BCUT2D eigenvalue weighted by molar-refractivity contribution is 7.13. The Kier molecular flexibility index (Phi) is 3.51. The van der Waals surface area contributed by atoms with Gasteiger partial charge in [-0.15, -0.1) is 11.3 Å². The van der Waals surface area contributed by atoms with E-state index in [0.717, 1.165) is 17.0 Å². The molecule has 0 aromatic carbocycles. The summed E-state index contributed by atoms with van der Waals surface area (Å²) in [5, 5.41) is 4.00. The smallest absolute Gasteiger partial charge is 0.297 e. The van der Waals surface area contributed by atoms with Gasteiger partial charge in [0.15, 0.2) is 5.13 Å². The number of hydrogen-bond donors (Lipinski definition) is 1. The first-order chi connectivity index (χ1) is 6.50. The summed E-state index contributed by atoms with van der Waals surface area (Å²) >= 11 is 1.15. The normalized spacial score (nSPS) is 11.0. The predicted molar refractivity (Wildman–Crippen MR) is 50.8 cm³/mol. The highest BCUT2D eigenvalue weighted by atomic mass is 32.1. The van der Waals surface area contributed by atoms with E-state index in [-0.39, 0.29) is 11.0 Å². The number of carbonyl (C=O) groups is 1. The molecule has 0 radical (unpaired) electrons. The molecule has 0 saturated carbocycles. The van der Waals surface area contributed by atoms with Crippen molar-refractivity contribution in [2.75, 3.05) is 5.32 Å². The number of hydrogen-bond acceptors (Lipinski definition) is 3. The van der Waals surface area contributed by atoms with Crippen LogP contribution in [-0.4, -0.2) is 17.3 Å². The van der Waals surface area contributed by atoms with E-state index in [1.54, 1.807) is 5.38 Å². The van der Waals surface area contributed by atoms with Crippen molar-refractivity contribution < 1.29 is 13.6 Å². The van der Waals surface area contributed by atoms with Gasteiger partial charge in [-0.25, -0.2) is 4.98 Å². The number of carbonyl (C=O) groups excluding carboxylic acids is 1. The van der Waals surface area contributed by atoms with Crippen molar-refractivity contribution >= 4 is 22.4 Å². The fraction of sp³-hybridized carbons (Fsp3) is 0.500. The molecule has 0 aliphatic carbocycles. The molecule has 0 aliphatic heterocycles. The third kappa shape index (κ3) is 2.73. The number of anilines is 1. The molecule has 6 heteroatoms. The lowest BCUT2D eigenvalue weighted by Gasteiger charge is -1.99. The topological polar surface area (TPSA) is 42.0 Å². The van der Waals surface area contributed by atoms with E-state index in [1.807, 2.05) is 19.2 Å². The maximum Gasteiger partial charge on any atom is 0.315 e. The fourth-order valence-electron chi connectivity index (χ4n) is 0.769. The summed E-state index contributed by atoms with van der Waals surface area (Å²) in [5.41, 5.74) is 0.791. The standard InChI is InChI=1S/C8H10F2N2OS/c1-4(2)5-3-14-8(11-5)12-7(13)6(9)10/h3-4,6H,1-2H3,(H,11,12,13). The van der Waals surface area contributed by atoms with Crippen LogP contribution in [0.2, 0.25) is 0 Å². The highest BCUT2D eigenvalue weighted by Gasteiger charge is 2.16. The Morgan fingerprint density at radius 1 is 1.57 bits per heavy atom. The van der Waals surface area contributed by atoms with Gasteiger partial charge in [-0.1, -0.05) is 13.8 Å². The maximum atomic E-state index is 11.8. The molecule has 1 aromatic heterocycles. The van der Waals surface area contributed by atoms with Crippen LogP contribution >= 0.6 is 11.3 Å². The summed E-state index contributed by atoms with van der Waals surface area (Å²) in [6.07, 6.45) is -3.00. The molecule has 1 rings (SSSR count). The van der Waals surface area contributed by atoms with Gasteiger partial charge in [-0.3, -0.25) is 10.1 Å². The van der Waals surface area contributed by atoms with Gasteiger partial charge >= 0.3 is 6.43 Å². The van der Waals surface area contributed by atoms with Gasteiger partial charge in [0.1, 0.15) is 0 Å². The third-order valence-corrected chi connectivity index (χ3v) is 2.32. The van der Waals surface area contributed by atoms with Gasteiger partial charge in [-0.05, 0) is 5.92 Å². The van der Waals surface area contributed by atoms with Crippen LogP contribution in [0.1, 0.15) is 25.5 Å². The van der Waals surface area contributed by atoms with E-state index in [9.17, 15) is 13.6 Å². The maximum absolute atomic E-state index is 11.8. The zero-order valence-corrected chi connectivity index (χ0v) is 8.57. The molecular weight excluding hydrogens is 210 g/mol. The van der Waals surface area contributed by atoms with Gasteiger partial charge in [0.2, 0.25) is 0 Å². The van der Waals surface area contributed by atoms with E-state index in [1.165, 1.54) is 0 Å². The van der Waals surface area contributed by atoms with Crippen molar-refractivity contribution in [3.8, 4) is 0 Å². The molecule has 78 valence electrons. The average Bonchev–Trinajstić information content (AvgIpc) is 2.52. The van der Waals surface area contributed by atoms with Crippen LogP contribution in [0.3, 0.4) is 0 Å². The average molecular weight is 220 g/mol. The van der Waals surface area contributed by atoms with Crippen molar-refractivity contribution in [3.63, 3.8) is 0 Å². The molecule has 0 atom stereocenters. The summed E-state index contributed by atoms with van der Waals surface area (Å²) in [4.78, 5) is 14.6. The molecule has 1 heterocycles. The van der Waals surface area contributed by atoms with E-state index < -0.39 is 12.3 Å². The summed E-state index contributed by atoms with van der Waals surface area (Å²) in [7, 11) is 0. The number of amides is 1. The van der Waals surface area contributed by atoms with Crippen molar-refractivity contribution in [1.82, 2.24) is 4.98 Å². The van der Waals surface area contributed by atoms with Gasteiger partial charge in [-0.2, -0.15) is 8.78 Å². The molecule has 3 nitrogen and oxygen atoms in total. The van der Waals surface area contributed by atoms with Crippen molar-refractivity contribution in [1.29, 1.82) is 0 Å². The van der Waals surface area contributed by atoms with Crippen molar-refractivity contribution in [2.45, 2.75) is 26.2 Å². The molecule has 0 saturated heterocycles. The Labute approximate surface area is 84.2 Å². The number of nitrogens with one attached hydrogen (secondary N) is 1. The minimum Gasteiger partial charge on any atom is -0.297 e. The second-order valence-electron chi connectivity index (χ2n) is 3.02. The molecular formula is C8H10F2N2OS. The molecule has 0 unspecified atom stereocenters.